The zero-order valence-electron chi connectivity index (χ0n) is 13.9. The summed E-state index contributed by atoms with van der Waals surface area (Å²) in [4.78, 5) is 28.0. The maximum Gasteiger partial charge on any atom is 0.242 e. The largest absolute Gasteiger partial charge is 0.323 e. The Morgan fingerprint density at radius 3 is 2.33 bits per heavy atom. The number of pyridine rings is 1. The highest BCUT2D eigenvalue weighted by Crippen LogP contribution is 2.29. The maximum atomic E-state index is 12.3. The Morgan fingerprint density at radius 1 is 1.21 bits per heavy atom. The molecule has 0 radical (unpaired) electrons. The summed E-state index contributed by atoms with van der Waals surface area (Å²) in [6, 6.07) is 2.31. The van der Waals surface area contributed by atoms with Gasteiger partial charge < -0.3 is 10.6 Å². The highest BCUT2D eigenvalue weighted by Gasteiger charge is 2.30. The first kappa shape index (κ1) is 18.3. The minimum absolute atomic E-state index is 0.0449. The third kappa shape index (κ3) is 5.57. The highest BCUT2D eigenvalue weighted by atomic mass is 32.2. The van der Waals surface area contributed by atoms with Gasteiger partial charge in [-0.3, -0.25) is 9.59 Å². The van der Waals surface area contributed by atoms with Gasteiger partial charge in [0.15, 0.2) is 0 Å². The Kier molecular flexibility index (Phi) is 5.55. The van der Waals surface area contributed by atoms with Crippen LogP contribution in [0, 0.1) is 11.8 Å². The molecule has 1 aliphatic carbocycles. The molecule has 1 heterocycles. The van der Waals surface area contributed by atoms with Crippen molar-refractivity contribution in [2.45, 2.75) is 32.7 Å². The Morgan fingerprint density at radius 2 is 1.88 bits per heavy atom. The van der Waals surface area contributed by atoms with E-state index in [1.807, 2.05) is 0 Å². The van der Waals surface area contributed by atoms with Crippen LogP contribution in [0.3, 0.4) is 0 Å². The molecule has 0 aromatic carbocycles. The third-order valence-electron chi connectivity index (χ3n) is 3.52. The lowest BCUT2D eigenvalue weighted by Gasteiger charge is -2.20. The van der Waals surface area contributed by atoms with Crippen molar-refractivity contribution in [3.05, 3.63) is 18.3 Å². The quantitative estimate of drug-likeness (QED) is 0.674. The van der Waals surface area contributed by atoms with Crippen LogP contribution in [0.15, 0.2) is 18.3 Å². The molecule has 1 aromatic heterocycles. The first-order valence-electron chi connectivity index (χ1n) is 7.71. The van der Waals surface area contributed by atoms with Crippen LogP contribution in [-0.4, -0.2) is 37.5 Å². The molecule has 0 spiro atoms. The molecule has 2 rings (SSSR count). The van der Waals surface area contributed by atoms with Crippen LogP contribution in [0.2, 0.25) is 0 Å². The number of nitrogens with zero attached hydrogens (tertiary/aromatic N) is 1. The van der Waals surface area contributed by atoms with Crippen molar-refractivity contribution < 1.29 is 18.0 Å². The molecule has 132 valence electrons. The molecule has 9 heteroatoms. The van der Waals surface area contributed by atoms with Crippen LogP contribution in [0.25, 0.3) is 0 Å². The molecule has 1 aromatic rings. The smallest absolute Gasteiger partial charge is 0.242 e. The van der Waals surface area contributed by atoms with Crippen LogP contribution in [0.5, 0.6) is 0 Å². The van der Waals surface area contributed by atoms with Gasteiger partial charge in [-0.15, -0.1) is 0 Å². The monoisotopic (exact) mass is 354 g/mol. The van der Waals surface area contributed by atoms with Gasteiger partial charge in [0.25, 0.3) is 0 Å². The molecular formula is C15H22N4O4S. The molecule has 2 amide bonds. The number of carbonyl (C=O) groups is 2. The van der Waals surface area contributed by atoms with Gasteiger partial charge in [0.1, 0.15) is 11.9 Å². The average molecular weight is 354 g/mol. The minimum Gasteiger partial charge on any atom is -0.323 e. The molecule has 1 aliphatic rings. The lowest BCUT2D eigenvalue weighted by molar-refractivity contribution is -0.119. The molecule has 1 fully saturated rings. The molecule has 0 bridgehead atoms. The van der Waals surface area contributed by atoms with Gasteiger partial charge in [0, 0.05) is 5.92 Å². The van der Waals surface area contributed by atoms with Crippen molar-refractivity contribution in [2.75, 3.05) is 16.9 Å². The highest BCUT2D eigenvalue weighted by molar-refractivity contribution is 7.88. The number of nitrogens with one attached hydrogen (secondary N) is 3. The molecule has 1 atom stereocenters. The first-order chi connectivity index (χ1) is 11.2. The number of aromatic nitrogens is 1. The SMILES string of the molecule is CC(C)[C@H](NS(C)(=O)=O)C(=O)Nc1ccc(NC(=O)C2CC2)nc1. The number of sulfonamides is 1. The lowest BCUT2D eigenvalue weighted by Crippen LogP contribution is -2.46. The van der Waals surface area contributed by atoms with Crippen molar-refractivity contribution >= 4 is 33.3 Å². The standard InChI is InChI=1S/C15H22N4O4S/c1-9(2)13(19-24(3,22)23)15(21)17-11-6-7-12(16-8-11)18-14(20)10-4-5-10/h6-10,13,19H,4-5H2,1-3H3,(H,17,21)(H,16,18,20)/t13-/m0/s1. The summed E-state index contributed by atoms with van der Waals surface area (Å²) < 4.78 is 25.0. The lowest BCUT2D eigenvalue weighted by atomic mass is 10.1. The number of carbonyl (C=O) groups excluding carboxylic acids is 2. The van der Waals surface area contributed by atoms with Gasteiger partial charge in [-0.2, -0.15) is 0 Å². The predicted octanol–water partition coefficient (Wildman–Crippen LogP) is 0.942. The van der Waals surface area contributed by atoms with Crippen molar-refractivity contribution in [1.82, 2.24) is 9.71 Å². The van der Waals surface area contributed by atoms with Gasteiger partial charge in [0.05, 0.1) is 18.1 Å². The average Bonchev–Trinajstić information content (AvgIpc) is 3.30. The number of anilines is 2. The van der Waals surface area contributed by atoms with Crippen LogP contribution >= 0.6 is 0 Å². The Bertz CT molecular complexity index is 711. The van der Waals surface area contributed by atoms with Crippen LogP contribution in [-0.2, 0) is 19.6 Å². The van der Waals surface area contributed by atoms with E-state index in [0.29, 0.717) is 11.5 Å². The van der Waals surface area contributed by atoms with Crippen molar-refractivity contribution in [2.24, 2.45) is 11.8 Å². The fraction of sp³-hybridized carbons (Fsp3) is 0.533. The number of rotatable bonds is 7. The van der Waals surface area contributed by atoms with E-state index in [-0.39, 0.29) is 17.7 Å². The van der Waals surface area contributed by atoms with E-state index in [9.17, 15) is 18.0 Å². The zero-order chi connectivity index (χ0) is 17.9. The molecule has 0 unspecified atom stereocenters. The second-order valence-electron chi connectivity index (χ2n) is 6.30. The number of hydrogen-bond donors (Lipinski definition) is 3. The number of hydrogen-bond acceptors (Lipinski definition) is 5. The maximum absolute atomic E-state index is 12.3. The number of amides is 2. The molecule has 0 aliphatic heterocycles. The van der Waals surface area contributed by atoms with Gasteiger partial charge in [-0.05, 0) is 30.9 Å². The summed E-state index contributed by atoms with van der Waals surface area (Å²) in [5, 5.41) is 5.32. The molecule has 24 heavy (non-hydrogen) atoms. The normalized spacial score (nSPS) is 15.8. The van der Waals surface area contributed by atoms with E-state index in [1.165, 1.54) is 6.20 Å². The van der Waals surface area contributed by atoms with E-state index < -0.39 is 22.0 Å². The predicted molar refractivity (Wildman–Crippen MR) is 90.8 cm³/mol. The molecular weight excluding hydrogens is 332 g/mol. The Hall–Kier alpha value is -2.00. The van der Waals surface area contributed by atoms with Crippen molar-refractivity contribution in [3.63, 3.8) is 0 Å². The summed E-state index contributed by atoms with van der Waals surface area (Å²) in [7, 11) is -3.50. The molecule has 3 N–H and O–H groups in total. The van der Waals surface area contributed by atoms with E-state index in [0.717, 1.165) is 19.1 Å². The summed E-state index contributed by atoms with van der Waals surface area (Å²) in [6.45, 7) is 3.49. The van der Waals surface area contributed by atoms with E-state index in [2.05, 4.69) is 20.3 Å². The topological polar surface area (TPSA) is 117 Å². The van der Waals surface area contributed by atoms with Gasteiger partial charge in [-0.1, -0.05) is 13.8 Å². The zero-order valence-corrected chi connectivity index (χ0v) is 14.7. The van der Waals surface area contributed by atoms with Crippen LogP contribution < -0.4 is 15.4 Å². The van der Waals surface area contributed by atoms with E-state index >= 15 is 0 Å². The fourth-order valence-electron chi connectivity index (χ4n) is 2.06. The fourth-order valence-corrected chi connectivity index (χ4v) is 2.90. The molecule has 8 nitrogen and oxygen atoms in total. The molecule has 0 saturated heterocycles. The molecule has 1 saturated carbocycles. The van der Waals surface area contributed by atoms with Gasteiger partial charge in [-0.25, -0.2) is 18.1 Å². The first-order valence-corrected chi connectivity index (χ1v) is 9.60. The van der Waals surface area contributed by atoms with Gasteiger partial charge >= 0.3 is 0 Å². The summed E-state index contributed by atoms with van der Waals surface area (Å²) >= 11 is 0. The minimum atomic E-state index is -3.50. The van der Waals surface area contributed by atoms with Crippen LogP contribution in [0.4, 0.5) is 11.5 Å². The van der Waals surface area contributed by atoms with Gasteiger partial charge in [0.2, 0.25) is 21.8 Å². The van der Waals surface area contributed by atoms with E-state index in [1.54, 1.807) is 26.0 Å². The van der Waals surface area contributed by atoms with E-state index in [4.69, 9.17) is 0 Å². The third-order valence-corrected chi connectivity index (χ3v) is 4.20. The van der Waals surface area contributed by atoms with Crippen LogP contribution in [0.1, 0.15) is 26.7 Å². The Labute approximate surface area is 141 Å². The summed E-state index contributed by atoms with van der Waals surface area (Å²) in [6.07, 6.45) is 4.24. The second kappa shape index (κ2) is 7.27. The van der Waals surface area contributed by atoms with Crippen molar-refractivity contribution in [1.29, 1.82) is 0 Å². The summed E-state index contributed by atoms with van der Waals surface area (Å²) in [5.41, 5.74) is 0.422. The summed E-state index contributed by atoms with van der Waals surface area (Å²) in [5.74, 6) is -0.229. The Balaban J connectivity index is 1.98. The second-order valence-corrected chi connectivity index (χ2v) is 8.08. The van der Waals surface area contributed by atoms with Crippen molar-refractivity contribution in [3.8, 4) is 0 Å².